The second-order valence-corrected chi connectivity index (χ2v) is 7.24. The zero-order chi connectivity index (χ0) is 18.6. The van der Waals surface area contributed by atoms with E-state index in [4.69, 9.17) is 21.1 Å². The van der Waals surface area contributed by atoms with Crippen LogP contribution in [0.2, 0.25) is 5.15 Å². The van der Waals surface area contributed by atoms with Gasteiger partial charge in [0.05, 0.1) is 25.6 Å². The Balaban J connectivity index is 1.37. The van der Waals surface area contributed by atoms with Gasteiger partial charge in [0, 0.05) is 0 Å². The van der Waals surface area contributed by atoms with Gasteiger partial charge in [0.15, 0.2) is 10.8 Å². The Kier molecular flexibility index (Phi) is 3.92. The van der Waals surface area contributed by atoms with Crippen molar-refractivity contribution in [3.05, 3.63) is 53.7 Å². The number of halogens is 1. The number of aliphatic hydroxyl groups excluding tert-OH is 2. The zero-order valence-electron chi connectivity index (χ0n) is 14.1. The molecule has 0 bridgehead atoms. The van der Waals surface area contributed by atoms with Crippen molar-refractivity contribution in [1.29, 1.82) is 0 Å². The third kappa shape index (κ3) is 2.56. The maximum Gasteiger partial charge on any atom is 0.165 e. The Morgan fingerprint density at radius 1 is 1.19 bits per heavy atom. The van der Waals surface area contributed by atoms with Crippen molar-refractivity contribution in [3.8, 4) is 0 Å². The number of ether oxygens (including phenoxy) is 2. The van der Waals surface area contributed by atoms with E-state index in [-0.39, 0.29) is 11.8 Å². The number of aliphatic hydroxyl groups is 2. The molecular weight excluding hydrogens is 372 g/mol. The summed E-state index contributed by atoms with van der Waals surface area (Å²) in [5.74, 6) is 0. The van der Waals surface area contributed by atoms with Crippen LogP contribution in [0, 0.1) is 0 Å². The summed E-state index contributed by atoms with van der Waals surface area (Å²) in [6.07, 6.45) is 0.372. The summed E-state index contributed by atoms with van der Waals surface area (Å²) in [4.78, 5) is 12.3. The molecule has 5 atom stereocenters. The number of imidazole rings is 1. The average Bonchev–Trinajstić information content (AvgIpc) is 3.16. The fourth-order valence-electron chi connectivity index (χ4n) is 3.91. The first-order chi connectivity index (χ1) is 13.1. The van der Waals surface area contributed by atoms with Gasteiger partial charge in [-0.05, 0) is 5.56 Å². The summed E-state index contributed by atoms with van der Waals surface area (Å²) in [6.45, 7) is 0.590. The van der Waals surface area contributed by atoms with Crippen molar-refractivity contribution in [3.63, 3.8) is 0 Å². The summed E-state index contributed by atoms with van der Waals surface area (Å²) >= 11 is 6.05. The van der Waals surface area contributed by atoms with Crippen molar-refractivity contribution in [2.75, 3.05) is 6.61 Å². The molecule has 0 spiro atoms. The fraction of sp³-hybridized carbons (Fsp3) is 0.389. The molecule has 2 fully saturated rings. The van der Waals surface area contributed by atoms with Gasteiger partial charge in [-0.15, -0.1) is 0 Å². The maximum absolute atomic E-state index is 10.6. The molecule has 5 rings (SSSR count). The summed E-state index contributed by atoms with van der Waals surface area (Å²) < 4.78 is 13.3. The molecule has 1 aliphatic heterocycles. The molecule has 8 nitrogen and oxygen atoms in total. The molecule has 9 heteroatoms. The minimum absolute atomic E-state index is 0.184. The van der Waals surface area contributed by atoms with Crippen LogP contribution in [0.5, 0.6) is 0 Å². The van der Waals surface area contributed by atoms with E-state index in [1.807, 2.05) is 30.3 Å². The molecule has 2 aromatic heterocycles. The lowest BCUT2D eigenvalue weighted by molar-refractivity contribution is -0.0720. The molecule has 2 N–H and O–H groups in total. The van der Waals surface area contributed by atoms with Crippen molar-refractivity contribution >= 4 is 22.8 Å². The molecule has 3 aromatic rings. The second kappa shape index (κ2) is 6.22. The predicted molar refractivity (Wildman–Crippen MR) is 95.1 cm³/mol. The lowest BCUT2D eigenvalue weighted by Gasteiger charge is -2.23. The number of benzene rings is 1. The third-order valence-corrected chi connectivity index (χ3v) is 5.61. The Morgan fingerprint density at radius 3 is 2.81 bits per heavy atom. The fourth-order valence-corrected chi connectivity index (χ4v) is 4.09. The monoisotopic (exact) mass is 388 g/mol. The van der Waals surface area contributed by atoms with Gasteiger partial charge < -0.3 is 24.3 Å². The standard InChI is InChI=1S/C18H17ClN4O4/c19-16-11-17(21-8-20-16)23(9-22-11)12-13(24)14(25)18(15(12)27-18)7-26-6-10-4-2-1-3-5-10/h1-5,8-9,12-15,24-25H,6-7H2/t12-,13-,14-,15-,18+/m0/s1. The predicted octanol–water partition coefficient (Wildman–Crippen LogP) is 1.11. The van der Waals surface area contributed by atoms with E-state index < -0.39 is 30.0 Å². The van der Waals surface area contributed by atoms with Crippen LogP contribution in [0.3, 0.4) is 0 Å². The Bertz CT molecular complexity index is 984. The first-order valence-electron chi connectivity index (χ1n) is 8.60. The molecule has 1 aliphatic carbocycles. The van der Waals surface area contributed by atoms with Crippen LogP contribution in [-0.4, -0.2) is 60.3 Å². The van der Waals surface area contributed by atoms with E-state index in [1.165, 1.54) is 12.7 Å². The van der Waals surface area contributed by atoms with Crippen LogP contribution in [0.25, 0.3) is 11.2 Å². The lowest BCUT2D eigenvalue weighted by Crippen LogP contribution is -2.40. The highest BCUT2D eigenvalue weighted by Crippen LogP contribution is 2.55. The largest absolute Gasteiger partial charge is 0.388 e. The van der Waals surface area contributed by atoms with Gasteiger partial charge in [-0.1, -0.05) is 41.9 Å². The highest BCUT2D eigenvalue weighted by Gasteiger charge is 2.74. The van der Waals surface area contributed by atoms with Gasteiger partial charge in [-0.25, -0.2) is 15.0 Å². The van der Waals surface area contributed by atoms with Gasteiger partial charge in [-0.2, -0.15) is 0 Å². The topological polar surface area (TPSA) is 106 Å². The second-order valence-electron chi connectivity index (χ2n) is 6.89. The van der Waals surface area contributed by atoms with E-state index in [0.29, 0.717) is 17.8 Å². The van der Waals surface area contributed by atoms with Crippen LogP contribution in [0.4, 0.5) is 0 Å². The highest BCUT2D eigenvalue weighted by atomic mass is 35.5. The van der Waals surface area contributed by atoms with Crippen molar-refractivity contribution in [2.24, 2.45) is 0 Å². The average molecular weight is 389 g/mol. The summed E-state index contributed by atoms with van der Waals surface area (Å²) in [5.41, 5.74) is 1.04. The quantitative estimate of drug-likeness (QED) is 0.498. The van der Waals surface area contributed by atoms with E-state index in [0.717, 1.165) is 5.56 Å². The Hall–Kier alpha value is -2.10. The van der Waals surface area contributed by atoms with E-state index in [1.54, 1.807) is 4.57 Å². The van der Waals surface area contributed by atoms with Crippen LogP contribution in [0.15, 0.2) is 43.0 Å². The number of hydrogen-bond donors (Lipinski definition) is 2. The van der Waals surface area contributed by atoms with Crippen LogP contribution >= 0.6 is 11.6 Å². The number of aromatic nitrogens is 4. The first kappa shape index (κ1) is 17.0. The number of epoxide rings is 1. The third-order valence-electron chi connectivity index (χ3n) is 5.33. The van der Waals surface area contributed by atoms with Crippen LogP contribution < -0.4 is 0 Å². The summed E-state index contributed by atoms with van der Waals surface area (Å²) in [6, 6.07) is 9.22. The minimum atomic E-state index is -1.07. The zero-order valence-corrected chi connectivity index (χ0v) is 14.9. The van der Waals surface area contributed by atoms with Crippen molar-refractivity contribution in [1.82, 2.24) is 19.5 Å². The van der Waals surface area contributed by atoms with Gasteiger partial charge >= 0.3 is 0 Å². The Labute approximate surface area is 159 Å². The maximum atomic E-state index is 10.6. The number of hydrogen-bond acceptors (Lipinski definition) is 7. The summed E-state index contributed by atoms with van der Waals surface area (Å²) in [7, 11) is 0. The van der Waals surface area contributed by atoms with Crippen LogP contribution in [-0.2, 0) is 16.1 Å². The Morgan fingerprint density at radius 2 is 2.00 bits per heavy atom. The highest BCUT2D eigenvalue weighted by molar-refractivity contribution is 6.33. The van der Waals surface area contributed by atoms with E-state index >= 15 is 0 Å². The molecule has 2 aliphatic rings. The van der Waals surface area contributed by atoms with Gasteiger partial charge in [-0.3, -0.25) is 0 Å². The molecule has 1 saturated heterocycles. The smallest absolute Gasteiger partial charge is 0.165 e. The molecule has 0 radical (unpaired) electrons. The molecule has 1 saturated carbocycles. The number of rotatable bonds is 5. The number of fused-ring (bicyclic) bond motifs is 2. The molecule has 0 amide bonds. The SMILES string of the molecule is O[C@H]1[C@H](n2cnc3c(Cl)ncnc32)[C@@H]2O[C@]2(COCc2ccccc2)[C@H]1O. The van der Waals surface area contributed by atoms with Crippen LogP contribution in [0.1, 0.15) is 11.6 Å². The van der Waals surface area contributed by atoms with Gasteiger partial charge in [0.1, 0.15) is 35.8 Å². The van der Waals surface area contributed by atoms with Crippen molar-refractivity contribution in [2.45, 2.75) is 36.6 Å². The molecule has 3 heterocycles. The molecule has 140 valence electrons. The van der Waals surface area contributed by atoms with E-state index in [9.17, 15) is 10.2 Å². The van der Waals surface area contributed by atoms with Gasteiger partial charge in [0.2, 0.25) is 0 Å². The molecule has 27 heavy (non-hydrogen) atoms. The minimum Gasteiger partial charge on any atom is -0.388 e. The normalized spacial score (nSPS) is 32.0. The lowest BCUT2D eigenvalue weighted by atomic mass is 10.1. The first-order valence-corrected chi connectivity index (χ1v) is 8.98. The van der Waals surface area contributed by atoms with E-state index in [2.05, 4.69) is 15.0 Å². The van der Waals surface area contributed by atoms with Gasteiger partial charge in [0.25, 0.3) is 0 Å². The number of nitrogens with zero attached hydrogens (tertiary/aromatic N) is 4. The summed E-state index contributed by atoms with van der Waals surface area (Å²) in [5, 5.41) is 21.5. The van der Waals surface area contributed by atoms with Crippen molar-refractivity contribution < 1.29 is 19.7 Å². The molecule has 1 aromatic carbocycles. The molecular formula is C18H17ClN4O4. The molecule has 0 unspecified atom stereocenters.